The molecule has 0 spiro atoms. The number of ether oxygens (including phenoxy) is 1. The number of halogens is 1. The van der Waals surface area contributed by atoms with Crippen LogP contribution >= 0.6 is 15.9 Å². The Bertz CT molecular complexity index is 438. The number of nitrogens with zero attached hydrogens (tertiary/aromatic N) is 1. The molecule has 2 fully saturated rings. The molecule has 0 bridgehead atoms. The van der Waals surface area contributed by atoms with Crippen molar-refractivity contribution in [1.29, 1.82) is 0 Å². The van der Waals surface area contributed by atoms with E-state index in [4.69, 9.17) is 4.74 Å². The maximum atomic E-state index is 5.26. The molecule has 1 N–H and O–H groups in total. The first-order valence-electron chi connectivity index (χ1n) is 6.62. The highest BCUT2D eigenvalue weighted by molar-refractivity contribution is 9.10. The van der Waals surface area contributed by atoms with Crippen molar-refractivity contribution in [3.63, 3.8) is 0 Å². The molecule has 0 saturated carbocycles. The Morgan fingerprint density at radius 2 is 2.22 bits per heavy atom. The van der Waals surface area contributed by atoms with Crippen LogP contribution in [0.4, 0.5) is 5.69 Å². The van der Waals surface area contributed by atoms with Gasteiger partial charge in [0.1, 0.15) is 5.75 Å². The molecule has 2 unspecified atom stereocenters. The number of rotatable bonds is 3. The Morgan fingerprint density at radius 1 is 1.33 bits per heavy atom. The lowest BCUT2D eigenvalue weighted by molar-refractivity contribution is 0.318. The molecule has 18 heavy (non-hydrogen) atoms. The third-order valence-corrected chi connectivity index (χ3v) is 4.73. The Labute approximate surface area is 117 Å². The summed E-state index contributed by atoms with van der Waals surface area (Å²) in [4.78, 5) is 2.62. The molecule has 0 amide bonds. The molecule has 2 aliphatic heterocycles. The van der Waals surface area contributed by atoms with E-state index in [-0.39, 0.29) is 0 Å². The van der Waals surface area contributed by atoms with Crippen LogP contribution in [0.15, 0.2) is 22.7 Å². The largest absolute Gasteiger partial charge is 0.496 e. The topological polar surface area (TPSA) is 24.5 Å². The zero-order valence-corrected chi connectivity index (χ0v) is 12.2. The summed E-state index contributed by atoms with van der Waals surface area (Å²) in [5, 5.41) is 3.68. The predicted octanol–water partition coefficient (Wildman–Crippen LogP) is 3.11. The van der Waals surface area contributed by atoms with Crippen molar-refractivity contribution < 1.29 is 4.74 Å². The van der Waals surface area contributed by atoms with E-state index in [1.807, 2.05) is 6.07 Å². The smallest absolute Gasteiger partial charge is 0.133 e. The van der Waals surface area contributed by atoms with Gasteiger partial charge < -0.3 is 10.1 Å². The minimum atomic E-state index is 0.604. The van der Waals surface area contributed by atoms with Gasteiger partial charge in [0, 0.05) is 24.3 Å². The quantitative estimate of drug-likeness (QED) is 0.928. The van der Waals surface area contributed by atoms with E-state index >= 15 is 0 Å². The van der Waals surface area contributed by atoms with Crippen molar-refractivity contribution in [2.45, 2.75) is 31.3 Å². The van der Waals surface area contributed by atoms with Gasteiger partial charge in [-0.15, -0.1) is 0 Å². The molecule has 3 nitrogen and oxygen atoms in total. The van der Waals surface area contributed by atoms with Crippen LogP contribution in [-0.2, 0) is 0 Å². The summed E-state index contributed by atoms with van der Waals surface area (Å²) in [5.74, 6) is 0.884. The molecule has 4 heteroatoms. The van der Waals surface area contributed by atoms with Crippen LogP contribution in [-0.4, -0.2) is 37.2 Å². The van der Waals surface area contributed by atoms with E-state index in [1.54, 1.807) is 7.11 Å². The van der Waals surface area contributed by atoms with Crippen molar-refractivity contribution in [2.24, 2.45) is 0 Å². The second-order valence-electron chi connectivity index (χ2n) is 5.13. The van der Waals surface area contributed by atoms with Gasteiger partial charge in [-0.05, 0) is 59.9 Å². The SMILES string of the molecule is COc1ccc(NC2CCN3CCCC23)cc1Br. The molecule has 0 aliphatic carbocycles. The summed E-state index contributed by atoms with van der Waals surface area (Å²) in [6.07, 6.45) is 3.96. The Balaban J connectivity index is 1.71. The van der Waals surface area contributed by atoms with Crippen LogP contribution in [0.5, 0.6) is 5.75 Å². The first kappa shape index (κ1) is 12.3. The lowest BCUT2D eigenvalue weighted by Crippen LogP contribution is -2.33. The molecule has 1 aromatic carbocycles. The van der Waals surface area contributed by atoms with E-state index in [0.717, 1.165) is 16.3 Å². The third kappa shape index (κ3) is 2.24. The van der Waals surface area contributed by atoms with Gasteiger partial charge in [-0.1, -0.05) is 0 Å². The molecule has 2 saturated heterocycles. The minimum absolute atomic E-state index is 0.604. The summed E-state index contributed by atoms with van der Waals surface area (Å²) in [6.45, 7) is 2.54. The molecular formula is C14H19BrN2O. The third-order valence-electron chi connectivity index (χ3n) is 4.11. The average molecular weight is 311 g/mol. The van der Waals surface area contributed by atoms with E-state index in [1.165, 1.54) is 38.0 Å². The van der Waals surface area contributed by atoms with Gasteiger partial charge in [0.2, 0.25) is 0 Å². The number of anilines is 1. The lowest BCUT2D eigenvalue weighted by Gasteiger charge is -2.22. The molecular weight excluding hydrogens is 292 g/mol. The highest BCUT2D eigenvalue weighted by Crippen LogP contribution is 2.32. The fourth-order valence-corrected chi connectivity index (χ4v) is 3.76. The van der Waals surface area contributed by atoms with Gasteiger partial charge in [-0.3, -0.25) is 4.90 Å². The van der Waals surface area contributed by atoms with Crippen LogP contribution < -0.4 is 10.1 Å². The van der Waals surface area contributed by atoms with Crippen molar-refractivity contribution >= 4 is 21.6 Å². The zero-order valence-electron chi connectivity index (χ0n) is 10.7. The highest BCUT2D eigenvalue weighted by atomic mass is 79.9. The van der Waals surface area contributed by atoms with Gasteiger partial charge in [0.25, 0.3) is 0 Å². The summed E-state index contributed by atoms with van der Waals surface area (Å²) in [5.41, 5.74) is 1.18. The van der Waals surface area contributed by atoms with Crippen LogP contribution in [0.2, 0.25) is 0 Å². The summed E-state index contributed by atoms with van der Waals surface area (Å²) in [7, 11) is 1.70. The van der Waals surface area contributed by atoms with E-state index < -0.39 is 0 Å². The maximum Gasteiger partial charge on any atom is 0.133 e. The van der Waals surface area contributed by atoms with E-state index in [2.05, 4.69) is 38.3 Å². The number of hydrogen-bond acceptors (Lipinski definition) is 3. The molecule has 98 valence electrons. The van der Waals surface area contributed by atoms with Gasteiger partial charge in [-0.25, -0.2) is 0 Å². The van der Waals surface area contributed by atoms with Crippen LogP contribution in [0.3, 0.4) is 0 Å². The number of fused-ring (bicyclic) bond motifs is 1. The van der Waals surface area contributed by atoms with Gasteiger partial charge in [0.05, 0.1) is 11.6 Å². The second kappa shape index (κ2) is 5.10. The van der Waals surface area contributed by atoms with E-state index in [9.17, 15) is 0 Å². The fraction of sp³-hybridized carbons (Fsp3) is 0.571. The number of methoxy groups -OCH3 is 1. The number of hydrogen-bond donors (Lipinski definition) is 1. The first-order chi connectivity index (χ1) is 8.78. The Hall–Kier alpha value is -0.740. The monoisotopic (exact) mass is 310 g/mol. The average Bonchev–Trinajstić information content (AvgIpc) is 2.94. The van der Waals surface area contributed by atoms with Crippen molar-refractivity contribution in [3.8, 4) is 5.75 Å². The first-order valence-corrected chi connectivity index (χ1v) is 7.41. The Kier molecular flexibility index (Phi) is 3.48. The molecule has 2 heterocycles. The highest BCUT2D eigenvalue weighted by Gasteiger charge is 2.36. The van der Waals surface area contributed by atoms with Crippen LogP contribution in [0.25, 0.3) is 0 Å². The minimum Gasteiger partial charge on any atom is -0.496 e. The molecule has 1 aromatic rings. The normalized spacial score (nSPS) is 27.2. The standard InChI is InChI=1S/C14H19BrN2O/c1-18-14-5-4-10(9-11(14)15)16-12-6-8-17-7-2-3-13(12)17/h4-5,9,12-13,16H,2-3,6-8H2,1H3. The second-order valence-corrected chi connectivity index (χ2v) is 5.99. The van der Waals surface area contributed by atoms with Crippen LogP contribution in [0.1, 0.15) is 19.3 Å². The lowest BCUT2D eigenvalue weighted by atomic mass is 10.1. The molecule has 2 atom stereocenters. The molecule has 0 aromatic heterocycles. The predicted molar refractivity (Wildman–Crippen MR) is 77.3 cm³/mol. The maximum absolute atomic E-state index is 5.26. The van der Waals surface area contributed by atoms with Crippen molar-refractivity contribution in [3.05, 3.63) is 22.7 Å². The van der Waals surface area contributed by atoms with Gasteiger partial charge >= 0.3 is 0 Å². The summed E-state index contributed by atoms with van der Waals surface area (Å²) < 4.78 is 6.27. The molecule has 0 radical (unpaired) electrons. The fourth-order valence-electron chi connectivity index (χ4n) is 3.22. The zero-order chi connectivity index (χ0) is 12.5. The van der Waals surface area contributed by atoms with Gasteiger partial charge in [0.15, 0.2) is 0 Å². The molecule has 2 aliphatic rings. The Morgan fingerprint density at radius 3 is 3.00 bits per heavy atom. The van der Waals surface area contributed by atoms with Gasteiger partial charge in [-0.2, -0.15) is 0 Å². The summed E-state index contributed by atoms with van der Waals surface area (Å²) in [6, 6.07) is 7.56. The number of nitrogens with one attached hydrogen (secondary N) is 1. The van der Waals surface area contributed by atoms with Crippen molar-refractivity contribution in [2.75, 3.05) is 25.5 Å². The number of benzene rings is 1. The molecule has 3 rings (SSSR count). The summed E-state index contributed by atoms with van der Waals surface area (Å²) >= 11 is 3.54. The van der Waals surface area contributed by atoms with E-state index in [0.29, 0.717) is 6.04 Å². The van der Waals surface area contributed by atoms with Crippen molar-refractivity contribution in [1.82, 2.24) is 4.90 Å². The van der Waals surface area contributed by atoms with Crippen LogP contribution in [0, 0.1) is 0 Å².